The van der Waals surface area contributed by atoms with Gasteiger partial charge in [-0.15, -0.1) is 0 Å². The number of benzene rings is 1. The second kappa shape index (κ2) is 8.58. The van der Waals surface area contributed by atoms with E-state index in [0.717, 1.165) is 19.3 Å². The Morgan fingerprint density at radius 1 is 1.24 bits per heavy atom. The van der Waals surface area contributed by atoms with Crippen molar-refractivity contribution >= 4 is 21.7 Å². The lowest BCUT2D eigenvalue weighted by molar-refractivity contribution is -0.121. The third-order valence-electron chi connectivity index (χ3n) is 4.50. The van der Waals surface area contributed by atoms with Gasteiger partial charge in [0.05, 0.1) is 4.90 Å². The summed E-state index contributed by atoms with van der Waals surface area (Å²) in [7, 11) is -3.74. The molecule has 2 rings (SSSR count). The summed E-state index contributed by atoms with van der Waals surface area (Å²) in [6.07, 6.45) is 4.38. The molecule has 0 saturated heterocycles. The van der Waals surface area contributed by atoms with Gasteiger partial charge in [0.15, 0.2) is 5.78 Å². The van der Waals surface area contributed by atoms with Crippen molar-refractivity contribution in [3.05, 3.63) is 29.8 Å². The summed E-state index contributed by atoms with van der Waals surface area (Å²) in [5.74, 6) is 0.281. The van der Waals surface area contributed by atoms with E-state index in [1.807, 2.05) is 0 Å². The van der Waals surface area contributed by atoms with Crippen molar-refractivity contribution in [2.24, 2.45) is 5.92 Å². The third-order valence-corrected chi connectivity index (χ3v) is 5.96. The van der Waals surface area contributed by atoms with E-state index >= 15 is 0 Å². The van der Waals surface area contributed by atoms with Crippen molar-refractivity contribution in [3.63, 3.8) is 0 Å². The van der Waals surface area contributed by atoms with E-state index in [2.05, 4.69) is 17.0 Å². The summed E-state index contributed by atoms with van der Waals surface area (Å²) in [5, 5.41) is 2.98. The van der Waals surface area contributed by atoms with Gasteiger partial charge in [-0.1, -0.05) is 31.9 Å². The molecule has 0 aliphatic heterocycles. The molecule has 7 heteroatoms. The summed E-state index contributed by atoms with van der Waals surface area (Å²) in [5.41, 5.74) is 0.340. The summed E-state index contributed by atoms with van der Waals surface area (Å²) in [4.78, 5) is 23.4. The molecule has 0 spiro atoms. The van der Waals surface area contributed by atoms with E-state index in [1.165, 1.54) is 31.5 Å². The van der Waals surface area contributed by atoms with E-state index < -0.39 is 10.0 Å². The van der Waals surface area contributed by atoms with E-state index in [0.29, 0.717) is 11.5 Å². The van der Waals surface area contributed by atoms with Crippen molar-refractivity contribution in [2.75, 3.05) is 6.54 Å². The minimum atomic E-state index is -3.74. The minimum Gasteiger partial charge on any atom is -0.353 e. The third kappa shape index (κ3) is 5.93. The highest BCUT2D eigenvalue weighted by Gasteiger charge is 2.21. The molecule has 2 unspecified atom stereocenters. The lowest BCUT2D eigenvalue weighted by Gasteiger charge is -2.27. The Morgan fingerprint density at radius 2 is 2.00 bits per heavy atom. The van der Waals surface area contributed by atoms with Gasteiger partial charge in [0, 0.05) is 24.6 Å². The van der Waals surface area contributed by atoms with Gasteiger partial charge in [-0.3, -0.25) is 9.59 Å². The second-order valence-corrected chi connectivity index (χ2v) is 8.53. The van der Waals surface area contributed by atoms with Crippen LogP contribution >= 0.6 is 0 Å². The molecule has 0 heterocycles. The number of carbonyl (C=O) groups excluding carboxylic acids is 2. The lowest BCUT2D eigenvalue weighted by Crippen LogP contribution is -2.39. The molecular formula is C18H26N2O4S. The highest BCUT2D eigenvalue weighted by atomic mass is 32.2. The molecule has 138 valence electrons. The van der Waals surface area contributed by atoms with Crippen molar-refractivity contribution < 1.29 is 18.0 Å². The SMILES string of the molecule is CC(=O)c1cccc(S(=O)(=O)NCCC(=O)NC2CCCC(C)C2)c1. The molecule has 1 amide bonds. The predicted molar refractivity (Wildman–Crippen MR) is 95.8 cm³/mol. The highest BCUT2D eigenvalue weighted by Crippen LogP contribution is 2.23. The zero-order valence-corrected chi connectivity index (χ0v) is 15.6. The standard InChI is InChI=1S/C18H26N2O4S/c1-13-5-3-7-16(11-13)20-18(22)9-10-19-25(23,24)17-8-4-6-15(12-17)14(2)21/h4,6,8,12-13,16,19H,3,5,7,9-11H2,1-2H3,(H,20,22). The molecule has 2 atom stereocenters. The first-order valence-corrected chi connectivity index (χ1v) is 10.2. The first-order valence-electron chi connectivity index (χ1n) is 8.68. The number of ketones is 1. The van der Waals surface area contributed by atoms with Gasteiger partial charge < -0.3 is 5.32 Å². The maximum Gasteiger partial charge on any atom is 0.240 e. The maximum atomic E-state index is 12.3. The fourth-order valence-corrected chi connectivity index (χ4v) is 4.21. The fourth-order valence-electron chi connectivity index (χ4n) is 3.13. The summed E-state index contributed by atoms with van der Waals surface area (Å²) >= 11 is 0. The van der Waals surface area contributed by atoms with Crippen LogP contribution in [0.2, 0.25) is 0 Å². The van der Waals surface area contributed by atoms with Gasteiger partial charge in [0.25, 0.3) is 0 Å². The number of carbonyl (C=O) groups is 2. The van der Waals surface area contributed by atoms with Crippen LogP contribution in [0.3, 0.4) is 0 Å². The quantitative estimate of drug-likeness (QED) is 0.724. The Kier molecular flexibility index (Phi) is 6.72. The van der Waals surface area contributed by atoms with Crippen LogP contribution in [0.1, 0.15) is 56.3 Å². The van der Waals surface area contributed by atoms with E-state index in [4.69, 9.17) is 0 Å². The number of nitrogens with one attached hydrogen (secondary N) is 2. The number of sulfonamides is 1. The second-order valence-electron chi connectivity index (χ2n) is 6.77. The van der Waals surface area contributed by atoms with Crippen LogP contribution in [0.5, 0.6) is 0 Å². The van der Waals surface area contributed by atoms with Gasteiger partial charge in [0.2, 0.25) is 15.9 Å². The number of hydrogen-bond acceptors (Lipinski definition) is 4. The summed E-state index contributed by atoms with van der Waals surface area (Å²) in [6.45, 7) is 3.60. The molecule has 1 aromatic rings. The van der Waals surface area contributed by atoms with Crippen LogP contribution in [0, 0.1) is 5.92 Å². The summed E-state index contributed by atoms with van der Waals surface area (Å²) < 4.78 is 27.0. The molecule has 0 aromatic heterocycles. The maximum absolute atomic E-state index is 12.3. The Hall–Kier alpha value is -1.73. The average molecular weight is 366 g/mol. The van der Waals surface area contributed by atoms with Crippen LogP contribution in [-0.2, 0) is 14.8 Å². The predicted octanol–water partition coefficient (Wildman–Crippen LogP) is 2.25. The molecule has 1 aliphatic carbocycles. The molecule has 6 nitrogen and oxygen atoms in total. The molecule has 1 fully saturated rings. The van der Waals surface area contributed by atoms with Crippen molar-refractivity contribution in [2.45, 2.75) is 56.9 Å². The number of rotatable bonds is 7. The van der Waals surface area contributed by atoms with Gasteiger partial charge >= 0.3 is 0 Å². The van der Waals surface area contributed by atoms with Crippen LogP contribution in [0.15, 0.2) is 29.2 Å². The van der Waals surface area contributed by atoms with Crippen LogP contribution in [0.25, 0.3) is 0 Å². The molecule has 1 aliphatic rings. The minimum absolute atomic E-state index is 0.0285. The molecule has 2 N–H and O–H groups in total. The zero-order valence-electron chi connectivity index (χ0n) is 14.7. The Balaban J connectivity index is 1.84. The molecule has 0 bridgehead atoms. The number of amides is 1. The molecule has 25 heavy (non-hydrogen) atoms. The van der Waals surface area contributed by atoms with Gasteiger partial charge in [0.1, 0.15) is 0 Å². The fraction of sp³-hybridized carbons (Fsp3) is 0.556. The Labute approximate surface area is 149 Å². The highest BCUT2D eigenvalue weighted by molar-refractivity contribution is 7.89. The van der Waals surface area contributed by atoms with Gasteiger partial charge in [-0.25, -0.2) is 13.1 Å². The molecule has 1 aromatic carbocycles. The van der Waals surface area contributed by atoms with Crippen LogP contribution in [-0.4, -0.2) is 32.7 Å². The zero-order chi connectivity index (χ0) is 18.4. The van der Waals surface area contributed by atoms with E-state index in [1.54, 1.807) is 6.07 Å². The monoisotopic (exact) mass is 366 g/mol. The first kappa shape index (κ1) is 19.6. The number of Topliss-reactive ketones (excluding diaryl/α,β-unsaturated/α-hetero) is 1. The van der Waals surface area contributed by atoms with E-state index in [9.17, 15) is 18.0 Å². The lowest BCUT2D eigenvalue weighted by atomic mass is 9.87. The van der Waals surface area contributed by atoms with Gasteiger partial charge in [-0.05, 0) is 37.8 Å². The average Bonchev–Trinajstić information content (AvgIpc) is 2.54. The Morgan fingerprint density at radius 3 is 2.68 bits per heavy atom. The normalized spacial score (nSPS) is 20.9. The van der Waals surface area contributed by atoms with Crippen LogP contribution in [0.4, 0.5) is 0 Å². The topological polar surface area (TPSA) is 92.3 Å². The van der Waals surface area contributed by atoms with Gasteiger partial charge in [-0.2, -0.15) is 0 Å². The van der Waals surface area contributed by atoms with Crippen LogP contribution < -0.4 is 10.0 Å². The molecular weight excluding hydrogens is 340 g/mol. The smallest absolute Gasteiger partial charge is 0.240 e. The van der Waals surface area contributed by atoms with E-state index in [-0.39, 0.29) is 35.6 Å². The molecule has 0 radical (unpaired) electrons. The Bertz CT molecular complexity index is 730. The van der Waals surface area contributed by atoms with Crippen molar-refractivity contribution in [1.82, 2.24) is 10.0 Å². The van der Waals surface area contributed by atoms with Crippen molar-refractivity contribution in [1.29, 1.82) is 0 Å². The largest absolute Gasteiger partial charge is 0.353 e. The molecule has 1 saturated carbocycles. The number of hydrogen-bond donors (Lipinski definition) is 2. The van der Waals surface area contributed by atoms with Crippen molar-refractivity contribution in [3.8, 4) is 0 Å². The first-order chi connectivity index (χ1) is 11.8. The summed E-state index contributed by atoms with van der Waals surface area (Å²) in [6, 6.07) is 6.06.